The van der Waals surface area contributed by atoms with E-state index in [0.717, 1.165) is 27.4 Å². The first-order valence-electron chi connectivity index (χ1n) is 9.54. The minimum atomic E-state index is -0.559. The van der Waals surface area contributed by atoms with E-state index in [-0.39, 0.29) is 12.1 Å². The Morgan fingerprint density at radius 1 is 0.967 bits per heavy atom. The Kier molecular flexibility index (Phi) is 4.33. The van der Waals surface area contributed by atoms with Crippen LogP contribution in [-0.2, 0) is 6.54 Å². The summed E-state index contributed by atoms with van der Waals surface area (Å²) in [5.74, 6) is -1.12. The van der Waals surface area contributed by atoms with E-state index in [1.807, 2.05) is 24.3 Å². The molecule has 7 heteroatoms. The lowest BCUT2D eigenvalue weighted by Crippen LogP contribution is -2.13. The Hall–Kier alpha value is -3.58. The molecule has 0 saturated heterocycles. The molecule has 2 aromatic carbocycles. The Morgan fingerprint density at radius 2 is 1.77 bits per heavy atom. The number of aromatic nitrogens is 4. The highest BCUT2D eigenvalue weighted by molar-refractivity contribution is 5.98. The highest BCUT2D eigenvalue weighted by Gasteiger charge is 2.16. The molecule has 150 valence electrons. The second kappa shape index (κ2) is 7.03. The third-order valence-corrected chi connectivity index (χ3v) is 5.21. The van der Waals surface area contributed by atoms with Crippen LogP contribution in [0.15, 0.2) is 54.9 Å². The zero-order valence-electron chi connectivity index (χ0n) is 16.5. The number of aromatic amines is 2. The monoisotopic (exact) mass is 403 g/mol. The highest BCUT2D eigenvalue weighted by Crippen LogP contribution is 2.33. The molecule has 5 aromatic rings. The van der Waals surface area contributed by atoms with Gasteiger partial charge in [-0.3, -0.25) is 5.10 Å². The Bertz CT molecular complexity index is 1360. The molecular formula is C23H19F2N5. The molecule has 5 nitrogen and oxygen atoms in total. The second-order valence-corrected chi connectivity index (χ2v) is 7.63. The van der Waals surface area contributed by atoms with Gasteiger partial charge in [-0.05, 0) is 61.6 Å². The molecule has 0 unspecified atom stereocenters. The van der Waals surface area contributed by atoms with Crippen LogP contribution in [0.25, 0.3) is 44.3 Å². The molecular weight excluding hydrogens is 384 g/mol. The first-order chi connectivity index (χ1) is 14.5. The summed E-state index contributed by atoms with van der Waals surface area (Å²) in [6.45, 7) is 0.201. The quantitative estimate of drug-likeness (QED) is 0.438. The average Bonchev–Trinajstić information content (AvgIpc) is 3.36. The third kappa shape index (κ3) is 3.13. The number of nitrogens with zero attached hydrogens (tertiary/aromatic N) is 3. The number of benzene rings is 2. The van der Waals surface area contributed by atoms with Crippen molar-refractivity contribution in [2.45, 2.75) is 6.54 Å². The molecule has 0 fully saturated rings. The predicted molar refractivity (Wildman–Crippen MR) is 114 cm³/mol. The Labute approximate surface area is 171 Å². The molecule has 3 aromatic heterocycles. The first-order valence-corrected chi connectivity index (χ1v) is 9.54. The third-order valence-electron chi connectivity index (χ3n) is 5.21. The summed E-state index contributed by atoms with van der Waals surface area (Å²) in [4.78, 5) is 9.33. The van der Waals surface area contributed by atoms with Gasteiger partial charge in [0, 0.05) is 40.3 Å². The van der Waals surface area contributed by atoms with Crippen molar-refractivity contribution in [2.75, 3.05) is 14.1 Å². The number of hydrogen-bond acceptors (Lipinski definition) is 3. The van der Waals surface area contributed by atoms with Crippen LogP contribution in [0.2, 0.25) is 0 Å². The molecule has 0 aliphatic heterocycles. The average molecular weight is 403 g/mol. The fourth-order valence-electron chi connectivity index (χ4n) is 3.77. The van der Waals surface area contributed by atoms with E-state index in [9.17, 15) is 8.78 Å². The lowest BCUT2D eigenvalue weighted by atomic mass is 10.0. The van der Waals surface area contributed by atoms with Crippen molar-refractivity contribution in [1.29, 1.82) is 0 Å². The summed E-state index contributed by atoms with van der Waals surface area (Å²) in [5.41, 5.74) is 4.74. The number of hydrogen-bond donors (Lipinski definition) is 2. The summed E-state index contributed by atoms with van der Waals surface area (Å²) in [6, 6.07) is 12.6. The molecule has 3 heterocycles. The fourth-order valence-corrected chi connectivity index (χ4v) is 3.77. The van der Waals surface area contributed by atoms with Gasteiger partial charge in [0.15, 0.2) is 0 Å². The van der Waals surface area contributed by atoms with E-state index in [1.165, 1.54) is 12.1 Å². The maximum Gasteiger partial charge on any atom is 0.138 e. The van der Waals surface area contributed by atoms with Gasteiger partial charge < -0.3 is 9.88 Å². The van der Waals surface area contributed by atoms with Gasteiger partial charge in [0.1, 0.15) is 17.3 Å². The van der Waals surface area contributed by atoms with E-state index in [2.05, 4.69) is 26.2 Å². The summed E-state index contributed by atoms with van der Waals surface area (Å²) in [6.07, 6.45) is 3.50. The van der Waals surface area contributed by atoms with Crippen molar-refractivity contribution < 1.29 is 8.78 Å². The lowest BCUT2D eigenvalue weighted by Gasteiger charge is -2.12. The summed E-state index contributed by atoms with van der Waals surface area (Å²) in [5, 5.41) is 8.90. The number of pyridine rings is 1. The van der Waals surface area contributed by atoms with Gasteiger partial charge in [-0.15, -0.1) is 0 Å². The number of fused-ring (bicyclic) bond motifs is 2. The van der Waals surface area contributed by atoms with Gasteiger partial charge in [-0.2, -0.15) is 5.10 Å². The predicted octanol–water partition coefficient (Wildman–Crippen LogP) is 5.11. The van der Waals surface area contributed by atoms with Gasteiger partial charge in [0.2, 0.25) is 0 Å². The number of rotatable bonds is 4. The maximum atomic E-state index is 14.6. The first kappa shape index (κ1) is 18.4. The molecule has 30 heavy (non-hydrogen) atoms. The van der Waals surface area contributed by atoms with Crippen LogP contribution in [0.1, 0.15) is 5.56 Å². The summed E-state index contributed by atoms with van der Waals surface area (Å²) in [7, 11) is 3.55. The molecule has 0 aliphatic rings. The topological polar surface area (TPSA) is 60.6 Å². The van der Waals surface area contributed by atoms with E-state index in [1.54, 1.807) is 31.4 Å². The standard InChI is InChI=1S/C23H19F2N5/c1-30(2)12-18-19(24)8-14(9-20(18)25)22-10-17-16(5-6-26-23(17)28-22)13-3-4-21-15(7-13)11-27-29-21/h3-11H,12H2,1-2H3,(H,26,28)(H,27,29). The van der Waals surface area contributed by atoms with Crippen LogP contribution in [0.5, 0.6) is 0 Å². The van der Waals surface area contributed by atoms with Crippen LogP contribution in [-0.4, -0.2) is 39.2 Å². The van der Waals surface area contributed by atoms with Crippen molar-refractivity contribution in [2.24, 2.45) is 0 Å². The van der Waals surface area contributed by atoms with E-state index >= 15 is 0 Å². The minimum Gasteiger partial charge on any atom is -0.339 e. The van der Waals surface area contributed by atoms with Crippen LogP contribution < -0.4 is 0 Å². The SMILES string of the molecule is CN(C)Cc1c(F)cc(-c2cc3c(-c4ccc5[nH]ncc5c4)ccnc3[nH]2)cc1F. The van der Waals surface area contributed by atoms with E-state index in [0.29, 0.717) is 16.9 Å². The van der Waals surface area contributed by atoms with E-state index in [4.69, 9.17) is 0 Å². The number of nitrogens with one attached hydrogen (secondary N) is 2. The molecule has 0 radical (unpaired) electrons. The minimum absolute atomic E-state index is 0.0621. The number of H-pyrrole nitrogens is 2. The van der Waals surface area contributed by atoms with Gasteiger partial charge in [-0.25, -0.2) is 13.8 Å². The normalized spacial score (nSPS) is 11.8. The second-order valence-electron chi connectivity index (χ2n) is 7.63. The van der Waals surface area contributed by atoms with Crippen molar-refractivity contribution >= 4 is 21.9 Å². The molecule has 2 N–H and O–H groups in total. The van der Waals surface area contributed by atoms with Gasteiger partial charge in [0.25, 0.3) is 0 Å². The maximum absolute atomic E-state index is 14.6. The fraction of sp³-hybridized carbons (Fsp3) is 0.130. The van der Waals surface area contributed by atoms with Crippen molar-refractivity contribution in [3.63, 3.8) is 0 Å². The Morgan fingerprint density at radius 3 is 2.53 bits per heavy atom. The van der Waals surface area contributed by atoms with Crippen LogP contribution in [0.3, 0.4) is 0 Å². The lowest BCUT2D eigenvalue weighted by molar-refractivity contribution is 0.381. The molecule has 0 saturated carbocycles. The summed E-state index contributed by atoms with van der Waals surface area (Å²) >= 11 is 0. The van der Waals surface area contributed by atoms with Crippen molar-refractivity contribution in [3.8, 4) is 22.4 Å². The van der Waals surface area contributed by atoms with Crippen LogP contribution in [0.4, 0.5) is 8.78 Å². The van der Waals surface area contributed by atoms with Crippen molar-refractivity contribution in [3.05, 3.63) is 72.1 Å². The van der Waals surface area contributed by atoms with Gasteiger partial charge >= 0.3 is 0 Å². The smallest absolute Gasteiger partial charge is 0.138 e. The highest BCUT2D eigenvalue weighted by atomic mass is 19.1. The largest absolute Gasteiger partial charge is 0.339 e. The zero-order valence-corrected chi connectivity index (χ0v) is 16.5. The molecule has 0 amide bonds. The zero-order chi connectivity index (χ0) is 20.8. The Balaban J connectivity index is 1.61. The summed E-state index contributed by atoms with van der Waals surface area (Å²) < 4.78 is 29.1. The molecule has 0 atom stereocenters. The van der Waals surface area contributed by atoms with Crippen LogP contribution in [0, 0.1) is 11.6 Å². The molecule has 0 bridgehead atoms. The van der Waals surface area contributed by atoms with Crippen LogP contribution >= 0.6 is 0 Å². The molecule has 5 rings (SSSR count). The van der Waals surface area contributed by atoms with Gasteiger partial charge in [0.05, 0.1) is 11.7 Å². The van der Waals surface area contributed by atoms with E-state index < -0.39 is 11.6 Å². The van der Waals surface area contributed by atoms with Crippen molar-refractivity contribution in [1.82, 2.24) is 25.1 Å². The molecule has 0 aliphatic carbocycles. The number of halogens is 2. The van der Waals surface area contributed by atoms with Gasteiger partial charge in [-0.1, -0.05) is 6.07 Å². The molecule has 0 spiro atoms.